The minimum Gasteiger partial charge on any atom is -0.325 e. The Bertz CT molecular complexity index is 1290. The second-order valence-corrected chi connectivity index (χ2v) is 9.08. The lowest BCUT2D eigenvalue weighted by Crippen LogP contribution is -2.22. The molecule has 1 N–H and O–H groups in total. The van der Waals surface area contributed by atoms with Crippen molar-refractivity contribution >= 4 is 44.9 Å². The molecule has 0 fully saturated rings. The van der Waals surface area contributed by atoms with Crippen LogP contribution in [-0.2, 0) is 4.79 Å². The maximum atomic E-state index is 13.2. The number of thiophene rings is 1. The van der Waals surface area contributed by atoms with E-state index in [1.165, 1.54) is 23.1 Å². The van der Waals surface area contributed by atoms with Gasteiger partial charge in [-0.25, -0.2) is 4.98 Å². The Hall–Kier alpha value is -2.90. The Morgan fingerprint density at radius 1 is 1.07 bits per heavy atom. The Morgan fingerprint density at radius 3 is 2.57 bits per heavy atom. The number of aryl methyl sites for hydroxylation is 3. The molecule has 4 rings (SSSR count). The van der Waals surface area contributed by atoms with Crippen molar-refractivity contribution in [3.05, 3.63) is 81.0 Å². The van der Waals surface area contributed by atoms with Gasteiger partial charge in [-0.1, -0.05) is 30.0 Å². The van der Waals surface area contributed by atoms with E-state index in [0.29, 0.717) is 15.4 Å². The number of thioether (sulfide) groups is 1. The highest BCUT2D eigenvalue weighted by molar-refractivity contribution is 7.99. The van der Waals surface area contributed by atoms with E-state index in [-0.39, 0.29) is 17.2 Å². The summed E-state index contributed by atoms with van der Waals surface area (Å²) in [5, 5.41) is 5.28. The fourth-order valence-electron chi connectivity index (χ4n) is 3.35. The van der Waals surface area contributed by atoms with Crippen molar-refractivity contribution in [2.75, 3.05) is 11.1 Å². The minimum absolute atomic E-state index is 0.110. The molecule has 0 aliphatic heterocycles. The van der Waals surface area contributed by atoms with Gasteiger partial charge in [-0.15, -0.1) is 11.3 Å². The molecule has 4 aromatic rings. The van der Waals surface area contributed by atoms with E-state index in [2.05, 4.69) is 16.4 Å². The molecular weight excluding hydrogens is 414 g/mol. The molecule has 1 amide bonds. The number of benzene rings is 2. The monoisotopic (exact) mass is 435 g/mol. The lowest BCUT2D eigenvalue weighted by molar-refractivity contribution is -0.113. The molecule has 0 radical (unpaired) electrons. The third kappa shape index (κ3) is 4.32. The van der Waals surface area contributed by atoms with Crippen LogP contribution in [0.5, 0.6) is 0 Å². The van der Waals surface area contributed by atoms with Gasteiger partial charge < -0.3 is 5.32 Å². The van der Waals surface area contributed by atoms with Crippen LogP contribution in [0.25, 0.3) is 15.9 Å². The number of fused-ring (bicyclic) bond motifs is 1. The van der Waals surface area contributed by atoms with Crippen molar-refractivity contribution in [2.24, 2.45) is 0 Å². The van der Waals surface area contributed by atoms with Gasteiger partial charge in [0.1, 0.15) is 4.70 Å². The van der Waals surface area contributed by atoms with E-state index in [9.17, 15) is 9.59 Å². The highest BCUT2D eigenvalue weighted by Gasteiger charge is 2.16. The molecule has 0 saturated heterocycles. The topological polar surface area (TPSA) is 64.0 Å². The maximum absolute atomic E-state index is 13.2. The highest BCUT2D eigenvalue weighted by atomic mass is 32.2. The molecule has 0 saturated carbocycles. The van der Waals surface area contributed by atoms with Crippen LogP contribution in [0.4, 0.5) is 5.69 Å². The molecule has 7 heteroatoms. The van der Waals surface area contributed by atoms with E-state index in [1.807, 2.05) is 68.6 Å². The van der Waals surface area contributed by atoms with Gasteiger partial charge in [0.2, 0.25) is 5.91 Å². The molecule has 30 heavy (non-hydrogen) atoms. The predicted octanol–water partition coefficient (Wildman–Crippen LogP) is 5.10. The van der Waals surface area contributed by atoms with Gasteiger partial charge in [0.15, 0.2) is 5.16 Å². The van der Waals surface area contributed by atoms with E-state index >= 15 is 0 Å². The van der Waals surface area contributed by atoms with Gasteiger partial charge in [0.05, 0.1) is 17.0 Å². The smallest absolute Gasteiger partial charge is 0.276 e. The molecule has 0 unspecified atom stereocenters. The first-order valence-electron chi connectivity index (χ1n) is 9.49. The lowest BCUT2D eigenvalue weighted by Gasteiger charge is -2.13. The van der Waals surface area contributed by atoms with Crippen LogP contribution in [0.15, 0.2) is 63.9 Å². The number of nitrogens with one attached hydrogen (secondary N) is 1. The molecule has 0 atom stereocenters. The van der Waals surface area contributed by atoms with Crippen LogP contribution in [0.2, 0.25) is 0 Å². The number of rotatable bonds is 5. The number of amides is 1. The van der Waals surface area contributed by atoms with Gasteiger partial charge in [0.25, 0.3) is 5.56 Å². The summed E-state index contributed by atoms with van der Waals surface area (Å²) in [6.45, 7) is 5.98. The first-order valence-corrected chi connectivity index (χ1v) is 11.4. The minimum atomic E-state index is -0.141. The summed E-state index contributed by atoms with van der Waals surface area (Å²) in [5.41, 5.74) is 5.28. The summed E-state index contributed by atoms with van der Waals surface area (Å²) in [5.74, 6) is 0.0121. The second-order valence-electron chi connectivity index (χ2n) is 7.22. The third-order valence-electron chi connectivity index (χ3n) is 4.55. The number of carbonyl (C=O) groups excluding carboxylic acids is 1. The summed E-state index contributed by atoms with van der Waals surface area (Å²) in [7, 11) is 0. The number of anilines is 1. The van der Waals surface area contributed by atoms with Crippen LogP contribution in [-0.4, -0.2) is 21.2 Å². The van der Waals surface area contributed by atoms with Crippen molar-refractivity contribution in [1.82, 2.24) is 9.55 Å². The summed E-state index contributed by atoms with van der Waals surface area (Å²) in [6, 6.07) is 15.5. The zero-order chi connectivity index (χ0) is 21.3. The number of aromatic nitrogens is 2. The Kier molecular flexibility index (Phi) is 5.74. The van der Waals surface area contributed by atoms with Crippen LogP contribution < -0.4 is 10.9 Å². The fraction of sp³-hybridized carbons (Fsp3) is 0.174. The SMILES string of the molecule is Cc1cccc(NC(=O)CSc2nc3ccsc3c(=O)n2-c2cc(C)cc(C)c2)c1. The van der Waals surface area contributed by atoms with Crippen molar-refractivity contribution in [1.29, 1.82) is 0 Å². The molecule has 5 nitrogen and oxygen atoms in total. The van der Waals surface area contributed by atoms with Crippen LogP contribution in [0.3, 0.4) is 0 Å². The van der Waals surface area contributed by atoms with Crippen LogP contribution in [0, 0.1) is 20.8 Å². The van der Waals surface area contributed by atoms with Crippen molar-refractivity contribution in [3.63, 3.8) is 0 Å². The molecule has 0 aliphatic rings. The van der Waals surface area contributed by atoms with Crippen LogP contribution >= 0.6 is 23.1 Å². The maximum Gasteiger partial charge on any atom is 0.276 e. The van der Waals surface area contributed by atoms with Crippen molar-refractivity contribution in [2.45, 2.75) is 25.9 Å². The first-order chi connectivity index (χ1) is 14.4. The Labute approximate surface area is 182 Å². The largest absolute Gasteiger partial charge is 0.325 e. The van der Waals surface area contributed by atoms with Gasteiger partial charge in [-0.2, -0.15) is 0 Å². The quantitative estimate of drug-likeness (QED) is 0.350. The molecule has 152 valence electrons. The van der Waals surface area contributed by atoms with E-state index < -0.39 is 0 Å². The normalized spacial score (nSPS) is 11.0. The second kappa shape index (κ2) is 8.45. The van der Waals surface area contributed by atoms with Crippen molar-refractivity contribution in [3.8, 4) is 5.69 Å². The standard InChI is InChI=1S/C23H21N3O2S2/c1-14-5-4-6-17(10-14)24-20(27)13-30-23-25-19-7-8-29-21(19)22(28)26(23)18-11-15(2)9-16(3)12-18/h4-12H,13H2,1-3H3,(H,24,27). The molecule has 0 aliphatic carbocycles. The fourth-order valence-corrected chi connectivity index (χ4v) is 4.92. The van der Waals surface area contributed by atoms with Gasteiger partial charge >= 0.3 is 0 Å². The van der Waals surface area contributed by atoms with E-state index in [4.69, 9.17) is 0 Å². The van der Waals surface area contributed by atoms with E-state index in [0.717, 1.165) is 28.1 Å². The van der Waals surface area contributed by atoms with Crippen molar-refractivity contribution < 1.29 is 4.79 Å². The van der Waals surface area contributed by atoms with Crippen LogP contribution in [0.1, 0.15) is 16.7 Å². The summed E-state index contributed by atoms with van der Waals surface area (Å²) < 4.78 is 2.23. The zero-order valence-corrected chi connectivity index (χ0v) is 18.6. The summed E-state index contributed by atoms with van der Waals surface area (Å²) in [4.78, 5) is 30.4. The van der Waals surface area contributed by atoms with Gasteiger partial charge in [-0.3, -0.25) is 14.2 Å². The highest BCUT2D eigenvalue weighted by Crippen LogP contribution is 2.25. The lowest BCUT2D eigenvalue weighted by atomic mass is 10.1. The number of hydrogen-bond acceptors (Lipinski definition) is 5. The molecule has 2 heterocycles. The number of hydrogen-bond donors (Lipinski definition) is 1. The molecule has 0 spiro atoms. The van der Waals surface area contributed by atoms with Gasteiger partial charge in [-0.05, 0) is 73.2 Å². The molecular formula is C23H21N3O2S2. The predicted molar refractivity (Wildman–Crippen MR) is 125 cm³/mol. The summed E-state index contributed by atoms with van der Waals surface area (Å²) >= 11 is 2.64. The number of carbonyl (C=O) groups is 1. The number of nitrogens with zero attached hydrogens (tertiary/aromatic N) is 2. The first kappa shape index (κ1) is 20.4. The molecule has 2 aromatic heterocycles. The Balaban J connectivity index is 1.67. The summed E-state index contributed by atoms with van der Waals surface area (Å²) in [6.07, 6.45) is 0. The average molecular weight is 436 g/mol. The average Bonchev–Trinajstić information content (AvgIpc) is 3.14. The molecule has 0 bridgehead atoms. The molecule has 2 aromatic carbocycles. The third-order valence-corrected chi connectivity index (χ3v) is 6.38. The van der Waals surface area contributed by atoms with E-state index in [1.54, 1.807) is 4.57 Å². The zero-order valence-electron chi connectivity index (χ0n) is 16.9. The van der Waals surface area contributed by atoms with Gasteiger partial charge in [0, 0.05) is 5.69 Å². The Morgan fingerprint density at radius 2 is 1.83 bits per heavy atom.